The molecule has 0 fully saturated rings. The Morgan fingerprint density at radius 2 is 1.95 bits per heavy atom. The zero-order valence-corrected chi connectivity index (χ0v) is 13.5. The lowest BCUT2D eigenvalue weighted by Crippen LogP contribution is -2.26. The van der Waals surface area contributed by atoms with E-state index >= 15 is 0 Å². The Labute approximate surface area is 130 Å². The number of ether oxygens (including phenoxy) is 1. The Kier molecular flexibility index (Phi) is 8.59. The van der Waals surface area contributed by atoms with Crippen molar-refractivity contribution in [3.63, 3.8) is 0 Å². The Bertz CT molecular complexity index is 445. The molecule has 1 aromatic carbocycles. The van der Waals surface area contributed by atoms with Crippen LogP contribution in [0, 0.1) is 6.92 Å². The van der Waals surface area contributed by atoms with Crippen molar-refractivity contribution in [3.8, 4) is 0 Å². The van der Waals surface area contributed by atoms with Gasteiger partial charge in [0.15, 0.2) is 0 Å². The molecule has 0 saturated carbocycles. The van der Waals surface area contributed by atoms with Crippen molar-refractivity contribution in [2.75, 3.05) is 18.9 Å². The van der Waals surface area contributed by atoms with Gasteiger partial charge in [0.1, 0.15) is 0 Å². The molecule has 0 radical (unpaired) electrons. The summed E-state index contributed by atoms with van der Waals surface area (Å²) in [6.07, 6.45) is 0.970. The molecular formula is C16H23NO3S. The molecule has 5 heteroatoms. The first-order valence-electron chi connectivity index (χ1n) is 7.17. The van der Waals surface area contributed by atoms with Crippen LogP contribution in [0.1, 0.15) is 30.9 Å². The van der Waals surface area contributed by atoms with E-state index in [0.717, 1.165) is 5.75 Å². The number of rotatable bonds is 9. The van der Waals surface area contributed by atoms with Crippen molar-refractivity contribution in [1.82, 2.24) is 5.32 Å². The first-order valence-corrected chi connectivity index (χ1v) is 8.33. The molecule has 1 amide bonds. The Morgan fingerprint density at radius 1 is 1.24 bits per heavy atom. The molecule has 0 aliphatic heterocycles. The molecule has 0 heterocycles. The van der Waals surface area contributed by atoms with Crippen LogP contribution in [0.25, 0.3) is 0 Å². The second-order valence-electron chi connectivity index (χ2n) is 4.74. The van der Waals surface area contributed by atoms with Gasteiger partial charge in [0.05, 0.1) is 12.4 Å². The number of benzene rings is 1. The number of carbonyl (C=O) groups excluding carboxylic acids is 2. The van der Waals surface area contributed by atoms with Crippen LogP contribution in [0.5, 0.6) is 0 Å². The smallest absolute Gasteiger partial charge is 0.305 e. The van der Waals surface area contributed by atoms with Crippen molar-refractivity contribution >= 4 is 23.6 Å². The van der Waals surface area contributed by atoms with Gasteiger partial charge in [-0.15, -0.1) is 11.8 Å². The molecule has 0 aliphatic carbocycles. The number of aryl methyl sites for hydroxylation is 1. The number of thioether (sulfide) groups is 1. The van der Waals surface area contributed by atoms with Gasteiger partial charge in [-0.05, 0) is 25.8 Å². The van der Waals surface area contributed by atoms with E-state index in [-0.39, 0.29) is 11.9 Å². The molecule has 1 aromatic rings. The zero-order valence-electron chi connectivity index (χ0n) is 12.7. The third-order valence-corrected chi connectivity index (χ3v) is 3.81. The van der Waals surface area contributed by atoms with Crippen LogP contribution in [-0.2, 0) is 20.1 Å². The van der Waals surface area contributed by atoms with Crippen molar-refractivity contribution in [3.05, 3.63) is 35.4 Å². The van der Waals surface area contributed by atoms with E-state index in [1.165, 1.54) is 11.1 Å². The van der Waals surface area contributed by atoms with Crippen LogP contribution in [-0.4, -0.2) is 30.8 Å². The molecule has 116 valence electrons. The van der Waals surface area contributed by atoms with Gasteiger partial charge in [-0.1, -0.05) is 29.8 Å². The van der Waals surface area contributed by atoms with Gasteiger partial charge in [-0.3, -0.25) is 9.59 Å². The van der Waals surface area contributed by atoms with Crippen LogP contribution in [0.3, 0.4) is 0 Å². The Hall–Kier alpha value is -1.49. The van der Waals surface area contributed by atoms with Gasteiger partial charge in [0, 0.05) is 18.7 Å². The van der Waals surface area contributed by atoms with Crippen LogP contribution in [0.2, 0.25) is 0 Å². The molecule has 4 nitrogen and oxygen atoms in total. The summed E-state index contributed by atoms with van der Waals surface area (Å²) in [6, 6.07) is 8.32. The van der Waals surface area contributed by atoms with Gasteiger partial charge >= 0.3 is 5.97 Å². The third kappa shape index (κ3) is 8.40. The van der Waals surface area contributed by atoms with E-state index in [4.69, 9.17) is 4.74 Å². The number of hydrogen-bond acceptors (Lipinski definition) is 4. The number of amides is 1. The van der Waals surface area contributed by atoms with Crippen molar-refractivity contribution < 1.29 is 14.3 Å². The fraction of sp³-hybridized carbons (Fsp3) is 0.500. The molecule has 0 spiro atoms. The SMILES string of the molecule is CCOC(=O)CCCNC(=O)CSCc1ccc(C)cc1. The second kappa shape index (κ2) is 10.3. The van der Waals surface area contributed by atoms with Gasteiger partial charge in [-0.25, -0.2) is 0 Å². The van der Waals surface area contributed by atoms with Crippen LogP contribution in [0.4, 0.5) is 0 Å². The number of nitrogens with one attached hydrogen (secondary N) is 1. The highest BCUT2D eigenvalue weighted by Gasteiger charge is 2.04. The standard InChI is InChI=1S/C16H23NO3S/c1-3-20-16(19)5-4-10-17-15(18)12-21-11-14-8-6-13(2)7-9-14/h6-9H,3-5,10-12H2,1-2H3,(H,17,18). The highest BCUT2D eigenvalue weighted by Crippen LogP contribution is 2.12. The van der Waals surface area contributed by atoms with E-state index in [9.17, 15) is 9.59 Å². The highest BCUT2D eigenvalue weighted by molar-refractivity contribution is 7.99. The molecule has 0 aromatic heterocycles. The number of carbonyl (C=O) groups is 2. The molecule has 0 unspecified atom stereocenters. The fourth-order valence-electron chi connectivity index (χ4n) is 1.69. The molecule has 0 aliphatic rings. The zero-order chi connectivity index (χ0) is 15.5. The van der Waals surface area contributed by atoms with E-state index in [2.05, 4.69) is 36.5 Å². The van der Waals surface area contributed by atoms with Crippen LogP contribution in [0.15, 0.2) is 24.3 Å². The maximum atomic E-state index is 11.6. The molecule has 0 bridgehead atoms. The molecule has 21 heavy (non-hydrogen) atoms. The van der Waals surface area contributed by atoms with Crippen molar-refractivity contribution in [2.45, 2.75) is 32.4 Å². The minimum Gasteiger partial charge on any atom is -0.466 e. The largest absolute Gasteiger partial charge is 0.466 e. The second-order valence-corrected chi connectivity index (χ2v) is 5.72. The minimum absolute atomic E-state index is 0.0102. The number of hydrogen-bond donors (Lipinski definition) is 1. The van der Waals surface area contributed by atoms with E-state index < -0.39 is 0 Å². The molecule has 0 atom stereocenters. The predicted molar refractivity (Wildman–Crippen MR) is 86.2 cm³/mol. The minimum atomic E-state index is -0.208. The average molecular weight is 309 g/mol. The van der Waals surface area contributed by atoms with Gasteiger partial charge in [0.2, 0.25) is 5.91 Å². The van der Waals surface area contributed by atoms with Gasteiger partial charge < -0.3 is 10.1 Å². The summed E-state index contributed by atoms with van der Waals surface area (Å²) in [7, 11) is 0. The summed E-state index contributed by atoms with van der Waals surface area (Å²) >= 11 is 1.59. The van der Waals surface area contributed by atoms with E-state index in [0.29, 0.717) is 31.7 Å². The molecule has 1 N–H and O–H groups in total. The fourth-order valence-corrected chi connectivity index (χ4v) is 2.51. The van der Waals surface area contributed by atoms with Gasteiger partial charge in [-0.2, -0.15) is 0 Å². The highest BCUT2D eigenvalue weighted by atomic mass is 32.2. The summed E-state index contributed by atoms with van der Waals surface area (Å²) < 4.78 is 4.82. The van der Waals surface area contributed by atoms with Crippen LogP contribution >= 0.6 is 11.8 Å². The Morgan fingerprint density at radius 3 is 2.62 bits per heavy atom. The lowest BCUT2D eigenvalue weighted by atomic mass is 10.2. The van der Waals surface area contributed by atoms with Gasteiger partial charge in [0.25, 0.3) is 0 Å². The average Bonchev–Trinajstić information content (AvgIpc) is 2.46. The quantitative estimate of drug-likeness (QED) is 0.563. The summed E-state index contributed by atoms with van der Waals surface area (Å²) in [5.41, 5.74) is 2.46. The first-order chi connectivity index (χ1) is 10.1. The third-order valence-electron chi connectivity index (χ3n) is 2.81. The topological polar surface area (TPSA) is 55.4 Å². The maximum absolute atomic E-state index is 11.6. The van der Waals surface area contributed by atoms with E-state index in [1.807, 2.05) is 0 Å². The summed E-state index contributed by atoms with van der Waals surface area (Å²) in [6.45, 7) is 4.76. The normalized spacial score (nSPS) is 10.2. The summed E-state index contributed by atoms with van der Waals surface area (Å²) in [4.78, 5) is 22.7. The lowest BCUT2D eigenvalue weighted by Gasteiger charge is -2.05. The molecule has 0 saturated heterocycles. The lowest BCUT2D eigenvalue weighted by molar-refractivity contribution is -0.143. The monoisotopic (exact) mass is 309 g/mol. The van der Waals surface area contributed by atoms with Crippen LogP contribution < -0.4 is 5.32 Å². The van der Waals surface area contributed by atoms with Crippen molar-refractivity contribution in [1.29, 1.82) is 0 Å². The Balaban J connectivity index is 2.06. The first kappa shape index (κ1) is 17.6. The summed E-state index contributed by atoms with van der Waals surface area (Å²) in [5.74, 6) is 1.07. The number of esters is 1. The molecular weight excluding hydrogens is 286 g/mol. The maximum Gasteiger partial charge on any atom is 0.305 e. The van der Waals surface area contributed by atoms with E-state index in [1.54, 1.807) is 18.7 Å². The van der Waals surface area contributed by atoms with Crippen molar-refractivity contribution in [2.24, 2.45) is 0 Å². The molecule has 1 rings (SSSR count). The predicted octanol–water partition coefficient (Wildman–Crippen LogP) is 2.69. The summed E-state index contributed by atoms with van der Waals surface area (Å²) in [5, 5.41) is 2.81.